The first-order valence-electron chi connectivity index (χ1n) is 9.31. The number of fused-ring (bicyclic) bond motifs is 1. The summed E-state index contributed by atoms with van der Waals surface area (Å²) in [5, 5.41) is 14.6. The predicted molar refractivity (Wildman–Crippen MR) is 116 cm³/mol. The molecule has 0 aliphatic carbocycles. The molecule has 8 heteroatoms. The van der Waals surface area contributed by atoms with Crippen LogP contribution in [0.4, 0.5) is 5.82 Å². The van der Waals surface area contributed by atoms with Crippen LogP contribution in [0.5, 0.6) is 5.19 Å². The van der Waals surface area contributed by atoms with Crippen LogP contribution in [0.3, 0.4) is 0 Å². The molecule has 3 rings (SSSR count). The van der Waals surface area contributed by atoms with Crippen LogP contribution in [0.25, 0.3) is 10.3 Å². The van der Waals surface area contributed by atoms with Crippen LogP contribution in [-0.4, -0.2) is 39.8 Å². The topological polar surface area (TPSA) is 80.2 Å². The normalized spacial score (nSPS) is 13.6. The molecule has 0 radical (unpaired) electrons. The molecule has 1 aromatic carbocycles. The van der Waals surface area contributed by atoms with E-state index in [1.807, 2.05) is 18.2 Å². The quantitative estimate of drug-likeness (QED) is 0.383. The molecule has 2 aromatic heterocycles. The van der Waals surface area contributed by atoms with Gasteiger partial charge in [-0.3, -0.25) is 0 Å². The molecule has 0 saturated heterocycles. The maximum Gasteiger partial charge on any atom is 0.275 e. The molecular weight excluding hydrogens is 392 g/mol. The molecule has 0 bridgehead atoms. The van der Waals surface area contributed by atoms with Gasteiger partial charge < -0.3 is 15.2 Å². The van der Waals surface area contributed by atoms with E-state index < -0.39 is 0 Å². The van der Waals surface area contributed by atoms with Crippen molar-refractivity contribution in [3.8, 4) is 5.19 Å². The van der Waals surface area contributed by atoms with Crippen molar-refractivity contribution in [2.24, 2.45) is 5.92 Å². The summed E-state index contributed by atoms with van der Waals surface area (Å²) in [6.45, 7) is 6.46. The number of thioether (sulfide) groups is 1. The maximum atomic E-state index is 9.78. The van der Waals surface area contributed by atoms with E-state index in [9.17, 15) is 5.11 Å². The largest absolute Gasteiger partial charge is 0.473 e. The fourth-order valence-electron chi connectivity index (χ4n) is 2.91. The van der Waals surface area contributed by atoms with E-state index in [1.165, 1.54) is 16.9 Å². The zero-order valence-electron chi connectivity index (χ0n) is 16.5. The summed E-state index contributed by atoms with van der Waals surface area (Å²) in [4.78, 5) is 13.8. The highest BCUT2D eigenvalue weighted by Crippen LogP contribution is 2.37. The Morgan fingerprint density at radius 3 is 2.54 bits per heavy atom. The lowest BCUT2D eigenvalue weighted by Gasteiger charge is -2.19. The van der Waals surface area contributed by atoms with Gasteiger partial charge in [0.2, 0.25) is 0 Å². The molecule has 6 nitrogen and oxygen atoms in total. The number of benzene rings is 1. The first kappa shape index (κ1) is 20.8. The SMILES string of the molecule is COc1nc2nc(S[C@@H](C)c3ccccc3)nc(N[C@@H](CO)CC(C)C)c2s1. The van der Waals surface area contributed by atoms with Crippen molar-refractivity contribution in [1.29, 1.82) is 0 Å². The first-order valence-corrected chi connectivity index (χ1v) is 11.0. The Morgan fingerprint density at radius 1 is 1.14 bits per heavy atom. The molecule has 0 amide bonds. The first-order chi connectivity index (χ1) is 13.5. The Hall–Kier alpha value is -1.90. The molecule has 3 aromatic rings. The average molecular weight is 419 g/mol. The average Bonchev–Trinajstić information content (AvgIpc) is 3.11. The Balaban J connectivity index is 1.92. The molecular formula is C20H26N4O2S2. The minimum atomic E-state index is -0.0735. The summed E-state index contributed by atoms with van der Waals surface area (Å²) in [5.74, 6) is 1.16. The van der Waals surface area contributed by atoms with Crippen molar-refractivity contribution in [1.82, 2.24) is 15.0 Å². The molecule has 0 fully saturated rings. The minimum absolute atomic E-state index is 0.0442. The van der Waals surface area contributed by atoms with Gasteiger partial charge in [-0.15, -0.1) is 0 Å². The number of aliphatic hydroxyl groups excluding tert-OH is 1. The Morgan fingerprint density at radius 2 is 1.89 bits per heavy atom. The number of rotatable bonds is 9. The van der Waals surface area contributed by atoms with Crippen LogP contribution in [0.15, 0.2) is 35.5 Å². The number of nitrogens with zero attached hydrogens (tertiary/aromatic N) is 3. The fraction of sp³-hybridized carbons (Fsp3) is 0.450. The van der Waals surface area contributed by atoms with Crippen LogP contribution < -0.4 is 10.1 Å². The molecule has 2 heterocycles. The smallest absolute Gasteiger partial charge is 0.275 e. The lowest BCUT2D eigenvalue weighted by molar-refractivity contribution is 0.259. The second kappa shape index (κ2) is 9.54. The van der Waals surface area contributed by atoms with Crippen LogP contribution >= 0.6 is 23.1 Å². The van der Waals surface area contributed by atoms with Crippen LogP contribution in [0.2, 0.25) is 0 Å². The van der Waals surface area contributed by atoms with Gasteiger partial charge in [-0.25, -0.2) is 9.97 Å². The van der Waals surface area contributed by atoms with Gasteiger partial charge in [0.25, 0.3) is 5.19 Å². The van der Waals surface area contributed by atoms with Crippen LogP contribution in [0, 0.1) is 5.92 Å². The van der Waals surface area contributed by atoms with Gasteiger partial charge >= 0.3 is 0 Å². The number of methoxy groups -OCH3 is 1. The number of aromatic nitrogens is 3. The maximum absolute atomic E-state index is 9.78. The fourth-order valence-corrected chi connectivity index (χ4v) is 4.58. The van der Waals surface area contributed by atoms with Crippen molar-refractivity contribution in [3.63, 3.8) is 0 Å². The van der Waals surface area contributed by atoms with E-state index in [0.717, 1.165) is 11.1 Å². The molecule has 2 atom stereocenters. The number of anilines is 1. The number of aliphatic hydroxyl groups is 1. The third-order valence-electron chi connectivity index (χ3n) is 4.26. The lowest BCUT2D eigenvalue weighted by atomic mass is 10.0. The van der Waals surface area contributed by atoms with Gasteiger partial charge in [-0.2, -0.15) is 4.98 Å². The van der Waals surface area contributed by atoms with Crippen molar-refractivity contribution >= 4 is 39.3 Å². The van der Waals surface area contributed by atoms with Crippen molar-refractivity contribution in [2.75, 3.05) is 19.0 Å². The van der Waals surface area contributed by atoms with E-state index >= 15 is 0 Å². The highest BCUT2D eigenvalue weighted by atomic mass is 32.2. The summed E-state index contributed by atoms with van der Waals surface area (Å²) in [6.07, 6.45) is 0.848. The minimum Gasteiger partial charge on any atom is -0.473 e. The van der Waals surface area contributed by atoms with E-state index in [0.29, 0.717) is 27.7 Å². The molecule has 150 valence electrons. The van der Waals surface area contributed by atoms with Crippen LogP contribution in [-0.2, 0) is 0 Å². The number of hydrogen-bond acceptors (Lipinski definition) is 8. The Labute approximate surface area is 173 Å². The van der Waals surface area contributed by atoms with Gasteiger partial charge in [0.05, 0.1) is 19.8 Å². The van der Waals surface area contributed by atoms with E-state index in [4.69, 9.17) is 9.72 Å². The van der Waals surface area contributed by atoms with Gasteiger partial charge in [0.15, 0.2) is 16.6 Å². The van der Waals surface area contributed by atoms with Gasteiger partial charge in [0, 0.05) is 5.25 Å². The molecule has 0 aliphatic heterocycles. The molecule has 0 aliphatic rings. The molecule has 0 saturated carbocycles. The van der Waals surface area contributed by atoms with E-state index in [2.05, 4.69) is 48.2 Å². The molecule has 0 spiro atoms. The van der Waals surface area contributed by atoms with Gasteiger partial charge in [0.1, 0.15) is 4.70 Å². The van der Waals surface area contributed by atoms with Crippen LogP contribution in [0.1, 0.15) is 38.0 Å². The standard InChI is InChI=1S/C20H26N4O2S2/c1-12(2)10-15(11-25)21-17-16-18(24-20(26-4)28-16)23-19(22-17)27-13(3)14-8-6-5-7-9-14/h5-9,12-13,15,25H,10-11H2,1-4H3,(H,21,22,23)/t13-,15+/m0/s1. The summed E-state index contributed by atoms with van der Waals surface area (Å²) < 4.78 is 6.14. The van der Waals surface area contributed by atoms with Gasteiger partial charge in [-0.05, 0) is 24.8 Å². The summed E-state index contributed by atoms with van der Waals surface area (Å²) in [7, 11) is 1.60. The summed E-state index contributed by atoms with van der Waals surface area (Å²) >= 11 is 3.00. The highest BCUT2D eigenvalue weighted by molar-refractivity contribution is 7.99. The second-order valence-corrected chi connectivity index (χ2v) is 9.29. The third-order valence-corrected chi connectivity index (χ3v) is 6.29. The Bertz CT molecular complexity index is 902. The van der Waals surface area contributed by atoms with Gasteiger partial charge in [-0.1, -0.05) is 67.3 Å². The van der Waals surface area contributed by atoms with E-state index in [-0.39, 0.29) is 17.9 Å². The van der Waals surface area contributed by atoms with Crippen molar-refractivity contribution in [3.05, 3.63) is 35.9 Å². The van der Waals surface area contributed by atoms with E-state index in [1.54, 1.807) is 18.9 Å². The number of hydrogen-bond donors (Lipinski definition) is 2. The monoisotopic (exact) mass is 418 g/mol. The zero-order valence-corrected chi connectivity index (χ0v) is 18.2. The predicted octanol–water partition coefficient (Wildman–Crippen LogP) is 4.77. The number of nitrogens with one attached hydrogen (secondary N) is 1. The number of thiazole rings is 1. The lowest BCUT2D eigenvalue weighted by Crippen LogP contribution is -2.26. The zero-order chi connectivity index (χ0) is 20.1. The second-order valence-electron chi connectivity index (χ2n) is 7.02. The number of ether oxygens (including phenoxy) is 1. The van der Waals surface area contributed by atoms with Crippen molar-refractivity contribution in [2.45, 2.75) is 43.6 Å². The summed E-state index contributed by atoms with van der Waals surface area (Å²) in [6, 6.07) is 10.2. The molecule has 28 heavy (non-hydrogen) atoms. The highest BCUT2D eigenvalue weighted by Gasteiger charge is 2.19. The molecule has 0 unspecified atom stereocenters. The summed E-state index contributed by atoms with van der Waals surface area (Å²) in [5.41, 5.74) is 1.83. The third kappa shape index (κ3) is 5.12. The van der Waals surface area contributed by atoms with Crippen molar-refractivity contribution < 1.29 is 9.84 Å². The Kier molecular flexibility index (Phi) is 7.09. The molecule has 2 N–H and O–H groups in total.